The Morgan fingerprint density at radius 1 is 1.53 bits per heavy atom. The van der Waals surface area contributed by atoms with Crippen LogP contribution in [0.1, 0.15) is 24.9 Å². The number of carboxylic acids is 1. The molecule has 0 saturated carbocycles. The van der Waals surface area contributed by atoms with Gasteiger partial charge in [-0.1, -0.05) is 17.7 Å². The van der Waals surface area contributed by atoms with Crippen molar-refractivity contribution in [2.75, 3.05) is 0 Å². The zero-order valence-corrected chi connectivity index (χ0v) is 9.79. The number of amides is 1. The molecule has 6 heteroatoms. The van der Waals surface area contributed by atoms with E-state index < -0.39 is 30.2 Å². The van der Waals surface area contributed by atoms with Gasteiger partial charge in [-0.25, -0.2) is 4.39 Å². The lowest BCUT2D eigenvalue weighted by atomic mass is 10.0. The number of hydrogen-bond donors (Lipinski definition) is 2. The maximum absolute atomic E-state index is 13.6. The summed E-state index contributed by atoms with van der Waals surface area (Å²) in [6.45, 7) is 1.24. The molecule has 1 amide bonds. The molecule has 0 heterocycles. The average Bonchev–Trinajstić information content (AvgIpc) is 2.14. The average molecular weight is 260 g/mol. The van der Waals surface area contributed by atoms with Crippen molar-refractivity contribution in [1.82, 2.24) is 5.32 Å². The first-order chi connectivity index (χ1) is 7.90. The monoisotopic (exact) mass is 259 g/mol. The van der Waals surface area contributed by atoms with E-state index in [1.54, 1.807) is 0 Å². The van der Waals surface area contributed by atoms with E-state index in [9.17, 15) is 14.0 Å². The Labute approximate surface area is 102 Å². The Bertz CT molecular complexity index is 434. The highest BCUT2D eigenvalue weighted by Gasteiger charge is 2.19. The Kier molecular flexibility index (Phi) is 4.45. The summed E-state index contributed by atoms with van der Waals surface area (Å²) in [5, 5.41) is 11.3. The van der Waals surface area contributed by atoms with Gasteiger partial charge in [0.25, 0.3) is 0 Å². The predicted octanol–water partition coefficient (Wildman–Crippen LogP) is 2.13. The lowest BCUT2D eigenvalue weighted by Gasteiger charge is -2.17. The van der Waals surface area contributed by atoms with E-state index in [4.69, 9.17) is 16.7 Å². The van der Waals surface area contributed by atoms with Crippen LogP contribution < -0.4 is 5.32 Å². The number of aliphatic carboxylic acids is 1. The summed E-state index contributed by atoms with van der Waals surface area (Å²) in [5.41, 5.74) is 0.104. The van der Waals surface area contributed by atoms with Gasteiger partial charge in [0.1, 0.15) is 5.82 Å². The molecule has 0 spiro atoms. The molecular weight excluding hydrogens is 249 g/mol. The third kappa shape index (κ3) is 4.03. The second-order valence-electron chi connectivity index (χ2n) is 3.52. The molecule has 0 aliphatic carbocycles. The Hall–Kier alpha value is -1.62. The van der Waals surface area contributed by atoms with Crippen LogP contribution in [0.25, 0.3) is 0 Å². The second-order valence-corrected chi connectivity index (χ2v) is 3.95. The smallest absolute Gasteiger partial charge is 0.305 e. The summed E-state index contributed by atoms with van der Waals surface area (Å²) in [5.74, 6) is -2.19. The van der Waals surface area contributed by atoms with Crippen molar-refractivity contribution < 1.29 is 19.1 Å². The summed E-state index contributed by atoms with van der Waals surface area (Å²) in [4.78, 5) is 21.6. The van der Waals surface area contributed by atoms with Crippen LogP contribution in [-0.2, 0) is 9.59 Å². The first-order valence-electron chi connectivity index (χ1n) is 4.84. The SMILES string of the molecule is CC(=O)NC(CC(=O)O)c1ccc(Cl)cc1F. The van der Waals surface area contributed by atoms with Crippen LogP contribution in [0, 0.1) is 5.82 Å². The molecule has 0 fully saturated rings. The van der Waals surface area contributed by atoms with Gasteiger partial charge in [0, 0.05) is 17.5 Å². The summed E-state index contributed by atoms with van der Waals surface area (Å²) >= 11 is 5.59. The van der Waals surface area contributed by atoms with E-state index in [0.717, 1.165) is 6.07 Å². The van der Waals surface area contributed by atoms with Crippen LogP contribution in [0.3, 0.4) is 0 Å². The number of halogens is 2. The highest BCUT2D eigenvalue weighted by Crippen LogP contribution is 2.23. The zero-order valence-electron chi connectivity index (χ0n) is 9.04. The van der Waals surface area contributed by atoms with Gasteiger partial charge in [0.2, 0.25) is 5.91 Å². The third-order valence-electron chi connectivity index (χ3n) is 2.09. The molecular formula is C11H11ClFNO3. The summed E-state index contributed by atoms with van der Waals surface area (Å²) in [7, 11) is 0. The number of nitrogens with one attached hydrogen (secondary N) is 1. The molecule has 0 aromatic heterocycles. The molecule has 0 aliphatic rings. The quantitative estimate of drug-likeness (QED) is 0.870. The normalized spacial score (nSPS) is 11.9. The molecule has 17 heavy (non-hydrogen) atoms. The van der Waals surface area contributed by atoms with Gasteiger partial charge in [0.15, 0.2) is 0 Å². The fourth-order valence-corrected chi connectivity index (χ4v) is 1.60. The Morgan fingerprint density at radius 2 is 2.18 bits per heavy atom. The minimum absolute atomic E-state index is 0.104. The van der Waals surface area contributed by atoms with E-state index in [-0.39, 0.29) is 10.6 Å². The third-order valence-corrected chi connectivity index (χ3v) is 2.33. The molecule has 1 aromatic carbocycles. The number of hydrogen-bond acceptors (Lipinski definition) is 2. The van der Waals surface area contributed by atoms with E-state index in [0.29, 0.717) is 0 Å². The van der Waals surface area contributed by atoms with Crippen LogP contribution in [0.5, 0.6) is 0 Å². The molecule has 1 unspecified atom stereocenters. The Morgan fingerprint density at radius 3 is 2.65 bits per heavy atom. The standard InChI is InChI=1S/C11H11ClFNO3/c1-6(15)14-10(5-11(16)17)8-3-2-7(12)4-9(8)13/h2-4,10H,5H2,1H3,(H,14,15)(H,16,17). The Balaban J connectivity index is 3.02. The van der Waals surface area contributed by atoms with E-state index in [1.165, 1.54) is 19.1 Å². The van der Waals surface area contributed by atoms with Gasteiger partial charge >= 0.3 is 5.97 Å². The highest BCUT2D eigenvalue weighted by molar-refractivity contribution is 6.30. The lowest BCUT2D eigenvalue weighted by Crippen LogP contribution is -2.28. The van der Waals surface area contributed by atoms with E-state index in [1.807, 2.05) is 0 Å². The van der Waals surface area contributed by atoms with Gasteiger partial charge in [-0.15, -0.1) is 0 Å². The van der Waals surface area contributed by atoms with Gasteiger partial charge in [-0.3, -0.25) is 9.59 Å². The van der Waals surface area contributed by atoms with E-state index in [2.05, 4.69) is 5.32 Å². The first-order valence-corrected chi connectivity index (χ1v) is 5.21. The zero-order chi connectivity index (χ0) is 13.0. The molecule has 1 rings (SSSR count). The van der Waals surface area contributed by atoms with Crippen molar-refractivity contribution in [3.05, 3.63) is 34.6 Å². The van der Waals surface area contributed by atoms with Crippen molar-refractivity contribution in [3.63, 3.8) is 0 Å². The molecule has 4 nitrogen and oxygen atoms in total. The van der Waals surface area contributed by atoms with Crippen molar-refractivity contribution in [2.45, 2.75) is 19.4 Å². The molecule has 2 N–H and O–H groups in total. The maximum atomic E-state index is 13.6. The highest BCUT2D eigenvalue weighted by atomic mass is 35.5. The minimum Gasteiger partial charge on any atom is -0.481 e. The maximum Gasteiger partial charge on any atom is 0.305 e. The molecule has 92 valence electrons. The van der Waals surface area contributed by atoms with Gasteiger partial charge < -0.3 is 10.4 Å². The largest absolute Gasteiger partial charge is 0.481 e. The van der Waals surface area contributed by atoms with Crippen LogP contribution in [-0.4, -0.2) is 17.0 Å². The molecule has 1 atom stereocenters. The van der Waals surface area contributed by atoms with Gasteiger partial charge in [-0.05, 0) is 12.1 Å². The fourth-order valence-electron chi connectivity index (χ4n) is 1.44. The second kappa shape index (κ2) is 5.63. The van der Waals surface area contributed by atoms with Crippen molar-refractivity contribution in [1.29, 1.82) is 0 Å². The number of carbonyl (C=O) groups is 2. The number of carboxylic acid groups (broad SMARTS) is 1. The van der Waals surface area contributed by atoms with Crippen molar-refractivity contribution >= 4 is 23.5 Å². The van der Waals surface area contributed by atoms with Gasteiger partial charge in [-0.2, -0.15) is 0 Å². The molecule has 0 saturated heterocycles. The van der Waals surface area contributed by atoms with Gasteiger partial charge in [0.05, 0.1) is 12.5 Å². The molecule has 0 radical (unpaired) electrons. The van der Waals surface area contributed by atoms with Crippen molar-refractivity contribution in [3.8, 4) is 0 Å². The minimum atomic E-state index is -1.13. The molecule has 0 aliphatic heterocycles. The number of rotatable bonds is 4. The van der Waals surface area contributed by atoms with Crippen molar-refractivity contribution in [2.24, 2.45) is 0 Å². The predicted molar refractivity (Wildman–Crippen MR) is 60.2 cm³/mol. The lowest BCUT2D eigenvalue weighted by molar-refractivity contribution is -0.137. The fraction of sp³-hybridized carbons (Fsp3) is 0.273. The molecule has 1 aromatic rings. The van der Waals surface area contributed by atoms with Crippen LogP contribution in [0.4, 0.5) is 4.39 Å². The summed E-state index contributed by atoms with van der Waals surface area (Å²) < 4.78 is 13.6. The van der Waals surface area contributed by atoms with Crippen LogP contribution in [0.15, 0.2) is 18.2 Å². The van der Waals surface area contributed by atoms with E-state index >= 15 is 0 Å². The number of benzene rings is 1. The summed E-state index contributed by atoms with van der Waals surface area (Å²) in [6, 6.07) is 2.98. The molecule has 0 bridgehead atoms. The topological polar surface area (TPSA) is 66.4 Å². The first kappa shape index (κ1) is 13.4. The van der Waals surface area contributed by atoms with Crippen LogP contribution >= 0.6 is 11.6 Å². The number of carbonyl (C=O) groups excluding carboxylic acids is 1. The van der Waals surface area contributed by atoms with Crippen LogP contribution in [0.2, 0.25) is 5.02 Å². The summed E-state index contributed by atoms with van der Waals surface area (Å²) in [6.07, 6.45) is -0.391.